The number of rotatable bonds is 3. The standard InChI is InChI=1S/C20H20FN7O2/c1-28-16-4-10(21)2-3-13(16)17(27-28)15-7-24-19-18(26-15)14(6-23-19)20(29)25-12-5-11(22)8-30-9-12/h2-4,6-7,11-12H,5,8-9,22H2,1H3,(H,23,24)(H,25,29)/t11-,12-/m1/s1. The van der Waals surface area contributed by atoms with Gasteiger partial charge < -0.3 is 20.8 Å². The average molecular weight is 409 g/mol. The summed E-state index contributed by atoms with van der Waals surface area (Å²) in [7, 11) is 1.74. The van der Waals surface area contributed by atoms with Gasteiger partial charge in [-0.15, -0.1) is 0 Å². The summed E-state index contributed by atoms with van der Waals surface area (Å²) >= 11 is 0. The highest BCUT2D eigenvalue weighted by atomic mass is 19.1. The second-order valence-corrected chi connectivity index (χ2v) is 7.49. The molecule has 10 heteroatoms. The van der Waals surface area contributed by atoms with Crippen LogP contribution in [0.3, 0.4) is 0 Å². The van der Waals surface area contributed by atoms with Gasteiger partial charge >= 0.3 is 0 Å². The van der Waals surface area contributed by atoms with Crippen LogP contribution in [0.25, 0.3) is 33.5 Å². The predicted molar refractivity (Wildman–Crippen MR) is 108 cm³/mol. The normalized spacial score (nSPS) is 19.4. The zero-order valence-corrected chi connectivity index (χ0v) is 16.2. The molecule has 0 aliphatic carbocycles. The molecule has 2 atom stereocenters. The Morgan fingerprint density at radius 1 is 1.40 bits per heavy atom. The van der Waals surface area contributed by atoms with E-state index < -0.39 is 0 Å². The van der Waals surface area contributed by atoms with Crippen molar-refractivity contribution in [2.24, 2.45) is 12.8 Å². The first-order valence-corrected chi connectivity index (χ1v) is 9.60. The summed E-state index contributed by atoms with van der Waals surface area (Å²) < 4.78 is 20.6. The van der Waals surface area contributed by atoms with E-state index in [2.05, 4.69) is 25.4 Å². The Morgan fingerprint density at radius 2 is 2.27 bits per heavy atom. The van der Waals surface area contributed by atoms with Crippen LogP contribution in [0.2, 0.25) is 0 Å². The molecule has 1 aliphatic heterocycles. The maximum absolute atomic E-state index is 13.6. The highest BCUT2D eigenvalue weighted by Crippen LogP contribution is 2.28. The van der Waals surface area contributed by atoms with Crippen LogP contribution < -0.4 is 11.1 Å². The third kappa shape index (κ3) is 3.19. The quantitative estimate of drug-likeness (QED) is 0.471. The molecule has 5 rings (SSSR count). The number of carbonyl (C=O) groups excluding carboxylic acids is 1. The lowest BCUT2D eigenvalue weighted by Crippen LogP contribution is -2.47. The average Bonchev–Trinajstić information content (AvgIpc) is 3.29. The van der Waals surface area contributed by atoms with Gasteiger partial charge in [0.1, 0.15) is 22.7 Å². The van der Waals surface area contributed by atoms with Crippen LogP contribution in [-0.4, -0.2) is 55.9 Å². The predicted octanol–water partition coefficient (Wildman–Crippen LogP) is 1.50. The molecular weight excluding hydrogens is 389 g/mol. The highest BCUT2D eigenvalue weighted by molar-refractivity contribution is 6.05. The Bertz CT molecular complexity index is 1260. The fourth-order valence-corrected chi connectivity index (χ4v) is 3.83. The van der Waals surface area contributed by atoms with Gasteiger partial charge in [-0.3, -0.25) is 9.48 Å². The molecule has 0 radical (unpaired) electrons. The van der Waals surface area contributed by atoms with Crippen LogP contribution in [0.5, 0.6) is 0 Å². The number of aromatic amines is 1. The van der Waals surface area contributed by atoms with Crippen molar-refractivity contribution >= 4 is 28.0 Å². The van der Waals surface area contributed by atoms with E-state index in [4.69, 9.17) is 10.5 Å². The largest absolute Gasteiger partial charge is 0.378 e. The molecule has 1 fully saturated rings. The van der Waals surface area contributed by atoms with Gasteiger partial charge in [-0.05, 0) is 24.6 Å². The maximum Gasteiger partial charge on any atom is 0.255 e. The van der Waals surface area contributed by atoms with Crippen molar-refractivity contribution in [1.29, 1.82) is 0 Å². The molecular formula is C20H20FN7O2. The van der Waals surface area contributed by atoms with E-state index in [-0.39, 0.29) is 23.8 Å². The van der Waals surface area contributed by atoms with Gasteiger partial charge in [-0.25, -0.2) is 14.4 Å². The van der Waals surface area contributed by atoms with E-state index in [1.807, 2.05) is 0 Å². The minimum Gasteiger partial charge on any atom is -0.378 e. The van der Waals surface area contributed by atoms with Gasteiger partial charge in [0, 0.05) is 24.7 Å². The first-order chi connectivity index (χ1) is 14.5. The lowest BCUT2D eigenvalue weighted by atomic mass is 10.1. The molecule has 0 saturated carbocycles. The number of amides is 1. The first kappa shape index (κ1) is 18.6. The molecule has 4 aromatic rings. The van der Waals surface area contributed by atoms with Gasteiger partial charge in [0.25, 0.3) is 5.91 Å². The van der Waals surface area contributed by atoms with E-state index >= 15 is 0 Å². The molecule has 0 unspecified atom stereocenters. The molecule has 1 saturated heterocycles. The fourth-order valence-electron chi connectivity index (χ4n) is 3.83. The number of benzene rings is 1. The lowest BCUT2D eigenvalue weighted by Gasteiger charge is -2.27. The minimum atomic E-state index is -0.338. The third-order valence-corrected chi connectivity index (χ3v) is 5.26. The Hall–Kier alpha value is -3.37. The number of aryl methyl sites for hydroxylation is 1. The monoisotopic (exact) mass is 409 g/mol. The molecule has 4 heterocycles. The number of aromatic nitrogens is 5. The molecule has 4 N–H and O–H groups in total. The molecule has 9 nitrogen and oxygen atoms in total. The summed E-state index contributed by atoms with van der Waals surface area (Å²) in [5, 5.41) is 8.18. The minimum absolute atomic E-state index is 0.0966. The molecule has 1 aliphatic rings. The Labute approximate surface area is 170 Å². The van der Waals surface area contributed by atoms with E-state index in [9.17, 15) is 9.18 Å². The number of halogens is 1. The summed E-state index contributed by atoms with van der Waals surface area (Å²) in [6.07, 6.45) is 3.82. The molecule has 0 spiro atoms. The summed E-state index contributed by atoms with van der Waals surface area (Å²) in [6.45, 7) is 0.922. The maximum atomic E-state index is 13.6. The van der Waals surface area contributed by atoms with Crippen molar-refractivity contribution in [3.63, 3.8) is 0 Å². The number of H-pyrrole nitrogens is 1. The van der Waals surface area contributed by atoms with Crippen molar-refractivity contribution in [2.75, 3.05) is 13.2 Å². The Morgan fingerprint density at radius 3 is 3.10 bits per heavy atom. The first-order valence-electron chi connectivity index (χ1n) is 9.60. The van der Waals surface area contributed by atoms with Crippen molar-refractivity contribution in [3.05, 3.63) is 42.0 Å². The number of hydrogen-bond acceptors (Lipinski definition) is 6. The van der Waals surface area contributed by atoms with Gasteiger partial charge in [-0.2, -0.15) is 5.10 Å². The molecule has 154 valence electrons. The van der Waals surface area contributed by atoms with Crippen LogP contribution in [0.15, 0.2) is 30.6 Å². The summed E-state index contributed by atoms with van der Waals surface area (Å²) in [5.41, 5.74) is 8.94. The van der Waals surface area contributed by atoms with Crippen LogP contribution in [-0.2, 0) is 11.8 Å². The molecule has 1 aromatic carbocycles. The fraction of sp³-hybridized carbons (Fsp3) is 0.300. The molecule has 30 heavy (non-hydrogen) atoms. The van der Waals surface area contributed by atoms with Crippen LogP contribution in [0.1, 0.15) is 16.8 Å². The second kappa shape index (κ2) is 7.15. The number of nitrogens with two attached hydrogens (primary N) is 1. The third-order valence-electron chi connectivity index (χ3n) is 5.26. The van der Waals surface area contributed by atoms with Crippen LogP contribution in [0, 0.1) is 5.82 Å². The molecule has 1 amide bonds. The zero-order chi connectivity index (χ0) is 20.8. The van der Waals surface area contributed by atoms with Crippen LogP contribution in [0.4, 0.5) is 4.39 Å². The SMILES string of the molecule is Cn1nc(-c2cnc3[nH]cc(C(=O)N[C@H]4COC[C@H](N)C4)c3n2)c2ccc(F)cc21. The number of nitrogens with one attached hydrogen (secondary N) is 2. The highest BCUT2D eigenvalue weighted by Gasteiger charge is 2.24. The van der Waals surface area contributed by atoms with Gasteiger partial charge in [-0.1, -0.05) is 0 Å². The van der Waals surface area contributed by atoms with Gasteiger partial charge in [0.2, 0.25) is 0 Å². The second-order valence-electron chi connectivity index (χ2n) is 7.49. The lowest BCUT2D eigenvalue weighted by molar-refractivity contribution is 0.0522. The van der Waals surface area contributed by atoms with E-state index in [1.54, 1.807) is 30.2 Å². The Kier molecular flexibility index (Phi) is 4.44. The Balaban J connectivity index is 1.51. The van der Waals surface area contributed by atoms with Gasteiger partial charge in [0.15, 0.2) is 5.65 Å². The number of hydrogen-bond donors (Lipinski definition) is 3. The number of carbonyl (C=O) groups is 1. The van der Waals surface area contributed by atoms with E-state index in [0.717, 1.165) is 5.39 Å². The summed E-state index contributed by atoms with van der Waals surface area (Å²) in [6, 6.07) is 4.21. The van der Waals surface area contributed by atoms with Crippen molar-refractivity contribution < 1.29 is 13.9 Å². The number of nitrogens with zero attached hydrogens (tertiary/aromatic N) is 4. The van der Waals surface area contributed by atoms with E-state index in [1.165, 1.54) is 12.1 Å². The topological polar surface area (TPSA) is 124 Å². The zero-order valence-electron chi connectivity index (χ0n) is 16.2. The number of ether oxygens (including phenoxy) is 1. The van der Waals surface area contributed by atoms with Crippen molar-refractivity contribution in [1.82, 2.24) is 30.0 Å². The van der Waals surface area contributed by atoms with E-state index in [0.29, 0.717) is 53.3 Å². The summed E-state index contributed by atoms with van der Waals surface area (Å²) in [4.78, 5) is 24.8. The summed E-state index contributed by atoms with van der Waals surface area (Å²) in [5.74, 6) is -0.613. The van der Waals surface area contributed by atoms with Crippen molar-refractivity contribution in [2.45, 2.75) is 18.5 Å². The molecule has 0 bridgehead atoms. The number of fused-ring (bicyclic) bond motifs is 2. The van der Waals surface area contributed by atoms with Gasteiger partial charge in [0.05, 0.1) is 36.5 Å². The van der Waals surface area contributed by atoms with Crippen LogP contribution >= 0.6 is 0 Å². The van der Waals surface area contributed by atoms with Crippen molar-refractivity contribution in [3.8, 4) is 11.4 Å². The molecule has 3 aromatic heterocycles. The smallest absolute Gasteiger partial charge is 0.255 e.